The smallest absolute Gasteiger partial charge is 0.134 e. The molecule has 0 bridgehead atoms. The SMILES string of the molecule is Fc1ccc(NCc2nc(Br)c3ccccn23)cc1. The van der Waals surface area contributed by atoms with Crippen LogP contribution in [0, 0.1) is 5.82 Å². The highest BCUT2D eigenvalue weighted by Crippen LogP contribution is 2.19. The molecular formula is C14H11BrFN3. The molecule has 3 rings (SSSR count). The van der Waals surface area contributed by atoms with Crippen molar-refractivity contribution < 1.29 is 4.39 Å². The van der Waals surface area contributed by atoms with Gasteiger partial charge in [-0.2, -0.15) is 0 Å². The number of fused-ring (bicyclic) bond motifs is 1. The van der Waals surface area contributed by atoms with E-state index in [2.05, 4.69) is 26.2 Å². The van der Waals surface area contributed by atoms with Gasteiger partial charge < -0.3 is 9.72 Å². The van der Waals surface area contributed by atoms with Gasteiger partial charge in [-0.3, -0.25) is 0 Å². The summed E-state index contributed by atoms with van der Waals surface area (Å²) in [7, 11) is 0. The lowest BCUT2D eigenvalue weighted by Crippen LogP contribution is -2.03. The lowest BCUT2D eigenvalue weighted by Gasteiger charge is -2.05. The predicted molar refractivity (Wildman–Crippen MR) is 76.6 cm³/mol. The summed E-state index contributed by atoms with van der Waals surface area (Å²) in [6, 6.07) is 12.2. The van der Waals surface area contributed by atoms with Crippen molar-refractivity contribution >= 4 is 27.1 Å². The third-order valence-electron chi connectivity index (χ3n) is 2.87. The molecule has 3 nitrogen and oxygen atoms in total. The van der Waals surface area contributed by atoms with Crippen LogP contribution in [-0.4, -0.2) is 9.38 Å². The first kappa shape index (κ1) is 12.2. The molecule has 0 amide bonds. The van der Waals surface area contributed by atoms with E-state index < -0.39 is 0 Å². The molecule has 0 spiro atoms. The number of nitrogens with one attached hydrogen (secondary N) is 1. The number of halogens is 2. The standard InChI is InChI=1S/C14H11BrFN3/c15-14-12-3-1-2-8-19(12)13(18-14)9-17-11-6-4-10(16)5-7-11/h1-8,17H,9H2. The van der Waals surface area contributed by atoms with E-state index in [1.807, 2.05) is 28.8 Å². The number of hydrogen-bond donors (Lipinski definition) is 1. The second kappa shape index (κ2) is 5.01. The van der Waals surface area contributed by atoms with Gasteiger partial charge in [-0.05, 0) is 52.3 Å². The van der Waals surface area contributed by atoms with Crippen molar-refractivity contribution in [2.75, 3.05) is 5.32 Å². The minimum absolute atomic E-state index is 0.237. The third-order valence-corrected chi connectivity index (χ3v) is 3.45. The number of pyridine rings is 1. The Morgan fingerprint density at radius 1 is 1.16 bits per heavy atom. The summed E-state index contributed by atoms with van der Waals surface area (Å²) in [5.74, 6) is 0.659. The summed E-state index contributed by atoms with van der Waals surface area (Å²) in [5, 5.41) is 3.22. The number of rotatable bonds is 3. The fraction of sp³-hybridized carbons (Fsp3) is 0.0714. The van der Waals surface area contributed by atoms with Crippen LogP contribution < -0.4 is 5.32 Å². The molecule has 0 atom stereocenters. The van der Waals surface area contributed by atoms with Gasteiger partial charge in [0.1, 0.15) is 16.2 Å². The summed E-state index contributed by atoms with van der Waals surface area (Å²) < 4.78 is 15.6. The molecule has 0 fully saturated rings. The van der Waals surface area contributed by atoms with E-state index >= 15 is 0 Å². The van der Waals surface area contributed by atoms with Crippen LogP contribution in [0.4, 0.5) is 10.1 Å². The first-order valence-corrected chi connectivity index (χ1v) is 6.64. The molecule has 3 aromatic rings. The highest BCUT2D eigenvalue weighted by atomic mass is 79.9. The molecule has 2 heterocycles. The monoisotopic (exact) mass is 319 g/mol. The van der Waals surface area contributed by atoms with Crippen LogP contribution in [-0.2, 0) is 6.54 Å². The van der Waals surface area contributed by atoms with Gasteiger partial charge in [0.2, 0.25) is 0 Å². The predicted octanol–water partition coefficient (Wildman–Crippen LogP) is 3.85. The van der Waals surface area contributed by atoms with Crippen molar-refractivity contribution in [2.24, 2.45) is 0 Å². The second-order valence-corrected chi connectivity index (χ2v) is 4.89. The van der Waals surface area contributed by atoms with Gasteiger partial charge >= 0.3 is 0 Å². The molecule has 0 saturated carbocycles. The first-order chi connectivity index (χ1) is 9.24. The Bertz CT molecular complexity index is 706. The topological polar surface area (TPSA) is 29.3 Å². The summed E-state index contributed by atoms with van der Waals surface area (Å²) in [6.07, 6.45) is 1.97. The molecule has 0 saturated heterocycles. The molecular weight excluding hydrogens is 309 g/mol. The fourth-order valence-electron chi connectivity index (χ4n) is 1.93. The number of nitrogens with zero attached hydrogens (tertiary/aromatic N) is 2. The van der Waals surface area contributed by atoms with Gasteiger partial charge in [0.05, 0.1) is 12.1 Å². The van der Waals surface area contributed by atoms with E-state index in [0.717, 1.165) is 21.6 Å². The average Bonchev–Trinajstić information content (AvgIpc) is 2.76. The lowest BCUT2D eigenvalue weighted by molar-refractivity contribution is 0.628. The highest BCUT2D eigenvalue weighted by Gasteiger charge is 2.07. The lowest BCUT2D eigenvalue weighted by atomic mass is 10.3. The Morgan fingerprint density at radius 3 is 2.74 bits per heavy atom. The van der Waals surface area contributed by atoms with Crippen molar-refractivity contribution in [2.45, 2.75) is 6.54 Å². The summed E-state index contributed by atoms with van der Waals surface area (Å²) >= 11 is 3.44. The molecule has 96 valence electrons. The van der Waals surface area contributed by atoms with Gasteiger partial charge in [-0.15, -0.1) is 0 Å². The second-order valence-electron chi connectivity index (χ2n) is 4.14. The number of benzene rings is 1. The molecule has 0 aliphatic heterocycles. The maximum atomic E-state index is 12.8. The zero-order valence-corrected chi connectivity index (χ0v) is 11.6. The van der Waals surface area contributed by atoms with Crippen LogP contribution in [0.3, 0.4) is 0 Å². The summed E-state index contributed by atoms with van der Waals surface area (Å²) in [6.45, 7) is 0.572. The Balaban J connectivity index is 1.84. The van der Waals surface area contributed by atoms with Crippen LogP contribution >= 0.6 is 15.9 Å². The van der Waals surface area contributed by atoms with Gasteiger partial charge in [-0.1, -0.05) is 6.07 Å². The fourth-order valence-corrected chi connectivity index (χ4v) is 2.46. The highest BCUT2D eigenvalue weighted by molar-refractivity contribution is 9.10. The Morgan fingerprint density at radius 2 is 1.95 bits per heavy atom. The summed E-state index contributed by atoms with van der Waals surface area (Å²) in [5.41, 5.74) is 1.89. The Labute approximate surface area is 118 Å². The maximum absolute atomic E-state index is 12.8. The quantitative estimate of drug-likeness (QED) is 0.794. The zero-order chi connectivity index (χ0) is 13.2. The molecule has 19 heavy (non-hydrogen) atoms. The van der Waals surface area contributed by atoms with E-state index in [-0.39, 0.29) is 5.82 Å². The number of imidazole rings is 1. The molecule has 0 radical (unpaired) electrons. The van der Waals surface area contributed by atoms with Gasteiger partial charge in [0.25, 0.3) is 0 Å². The molecule has 1 N–H and O–H groups in total. The maximum Gasteiger partial charge on any atom is 0.134 e. The van der Waals surface area contributed by atoms with Crippen molar-refractivity contribution in [3.05, 3.63) is 64.9 Å². The summed E-state index contributed by atoms with van der Waals surface area (Å²) in [4.78, 5) is 4.47. The Kier molecular flexibility index (Phi) is 3.21. The van der Waals surface area contributed by atoms with E-state index in [0.29, 0.717) is 6.54 Å². The molecule has 0 unspecified atom stereocenters. The molecule has 0 aliphatic rings. The zero-order valence-electron chi connectivity index (χ0n) is 9.98. The van der Waals surface area contributed by atoms with E-state index in [1.165, 1.54) is 12.1 Å². The molecule has 2 aromatic heterocycles. The van der Waals surface area contributed by atoms with Crippen molar-refractivity contribution in [3.63, 3.8) is 0 Å². The average molecular weight is 320 g/mol. The third kappa shape index (κ3) is 2.46. The van der Waals surface area contributed by atoms with Crippen LogP contribution in [0.15, 0.2) is 53.3 Å². The van der Waals surface area contributed by atoms with E-state index in [9.17, 15) is 4.39 Å². The molecule has 1 aromatic carbocycles. The van der Waals surface area contributed by atoms with Crippen LogP contribution in [0.2, 0.25) is 0 Å². The van der Waals surface area contributed by atoms with Crippen molar-refractivity contribution in [1.29, 1.82) is 0 Å². The van der Waals surface area contributed by atoms with Crippen LogP contribution in [0.25, 0.3) is 5.52 Å². The number of hydrogen-bond acceptors (Lipinski definition) is 2. The number of anilines is 1. The van der Waals surface area contributed by atoms with Crippen molar-refractivity contribution in [3.8, 4) is 0 Å². The van der Waals surface area contributed by atoms with Crippen LogP contribution in [0.1, 0.15) is 5.82 Å². The van der Waals surface area contributed by atoms with Gasteiger partial charge in [0, 0.05) is 11.9 Å². The van der Waals surface area contributed by atoms with E-state index in [1.54, 1.807) is 12.1 Å². The largest absolute Gasteiger partial charge is 0.378 e. The minimum Gasteiger partial charge on any atom is -0.378 e. The first-order valence-electron chi connectivity index (χ1n) is 5.85. The van der Waals surface area contributed by atoms with Gasteiger partial charge in [-0.25, -0.2) is 9.37 Å². The van der Waals surface area contributed by atoms with Crippen molar-refractivity contribution in [1.82, 2.24) is 9.38 Å². The molecule has 0 aliphatic carbocycles. The number of aromatic nitrogens is 2. The normalized spacial score (nSPS) is 10.8. The van der Waals surface area contributed by atoms with Crippen LogP contribution in [0.5, 0.6) is 0 Å². The van der Waals surface area contributed by atoms with E-state index in [4.69, 9.17) is 0 Å². The molecule has 5 heteroatoms. The van der Waals surface area contributed by atoms with Gasteiger partial charge in [0.15, 0.2) is 0 Å². The Hall–Kier alpha value is -1.88. The minimum atomic E-state index is -0.237.